The van der Waals surface area contributed by atoms with Crippen LogP contribution in [-0.2, 0) is 19.9 Å². The predicted octanol–water partition coefficient (Wildman–Crippen LogP) is 2.44. The van der Waals surface area contributed by atoms with Crippen molar-refractivity contribution in [2.75, 3.05) is 32.7 Å². The average Bonchev–Trinajstić information content (AvgIpc) is 3.42. The number of aromatic nitrogens is 2. The maximum Gasteiger partial charge on any atom is 0.191 e. The van der Waals surface area contributed by atoms with E-state index in [0.29, 0.717) is 6.04 Å². The van der Waals surface area contributed by atoms with Gasteiger partial charge in [0.1, 0.15) is 5.76 Å². The summed E-state index contributed by atoms with van der Waals surface area (Å²) in [5, 5.41) is 11.1. The third-order valence-electron chi connectivity index (χ3n) is 5.21. The van der Waals surface area contributed by atoms with E-state index in [-0.39, 0.29) is 24.0 Å². The molecule has 0 radical (unpaired) electrons. The van der Waals surface area contributed by atoms with E-state index in [1.54, 1.807) is 6.26 Å². The molecular weight excluding hydrogens is 467 g/mol. The fourth-order valence-electron chi connectivity index (χ4n) is 3.60. The highest BCUT2D eigenvalue weighted by Gasteiger charge is 2.22. The van der Waals surface area contributed by atoms with Gasteiger partial charge in [0.15, 0.2) is 5.96 Å². The van der Waals surface area contributed by atoms with E-state index in [4.69, 9.17) is 9.41 Å². The topological polar surface area (TPSA) is 70.6 Å². The molecule has 7 nitrogen and oxygen atoms in total. The Morgan fingerprint density at radius 1 is 1.29 bits per heavy atom. The van der Waals surface area contributed by atoms with Gasteiger partial charge in [0.25, 0.3) is 0 Å². The Kier molecular flexibility index (Phi) is 9.83. The molecule has 1 aliphatic heterocycles. The van der Waals surface area contributed by atoms with Gasteiger partial charge in [0, 0.05) is 50.9 Å². The second-order valence-corrected chi connectivity index (χ2v) is 6.99. The van der Waals surface area contributed by atoms with Gasteiger partial charge in [-0.15, -0.1) is 24.0 Å². The first-order valence-corrected chi connectivity index (χ1v) is 10.0. The largest absolute Gasteiger partial charge is 0.469 e. The molecule has 1 unspecified atom stereocenters. The zero-order chi connectivity index (χ0) is 18.9. The Bertz CT molecular complexity index is 699. The Hall–Kier alpha value is -1.55. The van der Waals surface area contributed by atoms with E-state index in [2.05, 4.69) is 33.6 Å². The van der Waals surface area contributed by atoms with Crippen molar-refractivity contribution in [2.45, 2.75) is 38.6 Å². The molecule has 0 spiro atoms. The van der Waals surface area contributed by atoms with Crippen LogP contribution in [0.1, 0.15) is 31.2 Å². The SMILES string of the molecule is CCN1CCCC1CN=C(NCCc1ccco1)NCCc1ccnn1C.I. The van der Waals surface area contributed by atoms with Crippen LogP contribution in [0.2, 0.25) is 0 Å². The van der Waals surface area contributed by atoms with Gasteiger partial charge >= 0.3 is 0 Å². The highest BCUT2D eigenvalue weighted by atomic mass is 127. The van der Waals surface area contributed by atoms with Crippen LogP contribution < -0.4 is 10.6 Å². The van der Waals surface area contributed by atoms with Gasteiger partial charge in [-0.2, -0.15) is 5.10 Å². The van der Waals surface area contributed by atoms with Crippen LogP contribution in [0, 0.1) is 0 Å². The first kappa shape index (κ1) is 22.7. The number of halogens is 1. The summed E-state index contributed by atoms with van der Waals surface area (Å²) < 4.78 is 7.33. The predicted molar refractivity (Wildman–Crippen MR) is 123 cm³/mol. The summed E-state index contributed by atoms with van der Waals surface area (Å²) in [5.41, 5.74) is 1.21. The summed E-state index contributed by atoms with van der Waals surface area (Å²) in [7, 11) is 1.98. The Morgan fingerprint density at radius 2 is 2.11 bits per heavy atom. The summed E-state index contributed by atoms with van der Waals surface area (Å²) in [6.07, 6.45) is 7.84. The normalized spacial score (nSPS) is 17.5. The molecule has 2 aromatic rings. The Balaban J connectivity index is 0.00000280. The first-order valence-electron chi connectivity index (χ1n) is 10.0. The number of nitrogens with zero attached hydrogens (tertiary/aromatic N) is 4. The minimum Gasteiger partial charge on any atom is -0.469 e. The summed E-state index contributed by atoms with van der Waals surface area (Å²) in [5.74, 6) is 1.87. The summed E-state index contributed by atoms with van der Waals surface area (Å²) in [6.45, 7) is 7.01. The first-order chi connectivity index (χ1) is 13.3. The van der Waals surface area contributed by atoms with Crippen LogP contribution in [0.15, 0.2) is 40.1 Å². The smallest absolute Gasteiger partial charge is 0.191 e. The van der Waals surface area contributed by atoms with Gasteiger partial charge in [0.05, 0.1) is 12.8 Å². The lowest BCUT2D eigenvalue weighted by atomic mass is 10.2. The van der Waals surface area contributed by atoms with Crippen LogP contribution in [0.4, 0.5) is 0 Å². The molecule has 1 aliphatic rings. The lowest BCUT2D eigenvalue weighted by Gasteiger charge is -2.21. The molecule has 0 aromatic carbocycles. The van der Waals surface area contributed by atoms with Crippen molar-refractivity contribution < 1.29 is 4.42 Å². The lowest BCUT2D eigenvalue weighted by molar-refractivity contribution is 0.273. The van der Waals surface area contributed by atoms with Crippen molar-refractivity contribution in [3.05, 3.63) is 42.1 Å². The fraction of sp³-hybridized carbons (Fsp3) is 0.600. The molecule has 1 fully saturated rings. The molecule has 0 aliphatic carbocycles. The zero-order valence-electron chi connectivity index (χ0n) is 16.9. The van der Waals surface area contributed by atoms with Crippen molar-refractivity contribution in [1.29, 1.82) is 0 Å². The number of hydrogen-bond acceptors (Lipinski definition) is 4. The standard InChI is InChI=1S/C20H32N6O.HI/c1-3-26-14-4-6-18(26)16-23-20(22-12-10-19-7-5-15-27-19)21-11-8-17-9-13-24-25(17)2;/h5,7,9,13,15,18H,3-4,6,8,10-12,14,16H2,1-2H3,(H2,21,22,23);1H. The summed E-state index contributed by atoms with van der Waals surface area (Å²) in [4.78, 5) is 7.39. The molecule has 156 valence electrons. The highest BCUT2D eigenvalue weighted by Crippen LogP contribution is 2.16. The lowest BCUT2D eigenvalue weighted by Crippen LogP contribution is -2.41. The Labute approximate surface area is 185 Å². The molecule has 8 heteroatoms. The second-order valence-electron chi connectivity index (χ2n) is 6.99. The molecule has 1 saturated heterocycles. The van der Waals surface area contributed by atoms with E-state index in [1.807, 2.05) is 30.1 Å². The van der Waals surface area contributed by atoms with Gasteiger partial charge in [0.2, 0.25) is 0 Å². The molecular formula is C20H33IN6O. The number of likely N-dealkylation sites (N-methyl/N-ethyl adjacent to an activating group) is 1. The van der Waals surface area contributed by atoms with E-state index in [1.165, 1.54) is 25.1 Å². The molecule has 3 rings (SSSR count). The van der Waals surface area contributed by atoms with Crippen LogP contribution in [-0.4, -0.2) is 59.4 Å². The summed E-state index contributed by atoms with van der Waals surface area (Å²) in [6, 6.07) is 6.55. The number of likely N-dealkylation sites (tertiary alicyclic amines) is 1. The maximum atomic E-state index is 5.41. The van der Waals surface area contributed by atoms with Crippen molar-refractivity contribution in [3.8, 4) is 0 Å². The van der Waals surface area contributed by atoms with Crippen LogP contribution >= 0.6 is 24.0 Å². The van der Waals surface area contributed by atoms with Gasteiger partial charge in [-0.1, -0.05) is 6.92 Å². The molecule has 0 amide bonds. The number of aliphatic imine (C=N–C) groups is 1. The number of rotatable bonds is 9. The molecule has 2 N–H and O–H groups in total. The van der Waals surface area contributed by atoms with Crippen LogP contribution in [0.5, 0.6) is 0 Å². The molecule has 3 heterocycles. The number of nitrogens with one attached hydrogen (secondary N) is 2. The van der Waals surface area contributed by atoms with Gasteiger partial charge < -0.3 is 15.1 Å². The van der Waals surface area contributed by atoms with E-state index in [0.717, 1.165) is 50.7 Å². The van der Waals surface area contributed by atoms with Gasteiger partial charge in [-0.25, -0.2) is 0 Å². The minimum atomic E-state index is 0. The highest BCUT2D eigenvalue weighted by molar-refractivity contribution is 14.0. The van der Waals surface area contributed by atoms with Crippen molar-refractivity contribution >= 4 is 29.9 Å². The Morgan fingerprint density at radius 3 is 2.79 bits per heavy atom. The monoisotopic (exact) mass is 500 g/mol. The molecule has 1 atom stereocenters. The van der Waals surface area contributed by atoms with Gasteiger partial charge in [-0.3, -0.25) is 14.6 Å². The van der Waals surface area contributed by atoms with Crippen LogP contribution in [0.25, 0.3) is 0 Å². The molecule has 0 bridgehead atoms. The van der Waals surface area contributed by atoms with Crippen LogP contribution in [0.3, 0.4) is 0 Å². The maximum absolute atomic E-state index is 5.41. The van der Waals surface area contributed by atoms with E-state index < -0.39 is 0 Å². The zero-order valence-corrected chi connectivity index (χ0v) is 19.3. The van der Waals surface area contributed by atoms with Crippen molar-refractivity contribution in [3.63, 3.8) is 0 Å². The average molecular weight is 500 g/mol. The number of aryl methyl sites for hydroxylation is 1. The molecule has 28 heavy (non-hydrogen) atoms. The van der Waals surface area contributed by atoms with E-state index in [9.17, 15) is 0 Å². The summed E-state index contributed by atoms with van der Waals surface area (Å²) >= 11 is 0. The van der Waals surface area contributed by atoms with Crippen molar-refractivity contribution in [2.24, 2.45) is 12.0 Å². The second kappa shape index (κ2) is 12.1. The third kappa shape index (κ3) is 6.80. The number of guanidine groups is 1. The number of hydrogen-bond donors (Lipinski definition) is 2. The molecule has 0 saturated carbocycles. The van der Waals surface area contributed by atoms with Crippen molar-refractivity contribution in [1.82, 2.24) is 25.3 Å². The fourth-order valence-corrected chi connectivity index (χ4v) is 3.60. The third-order valence-corrected chi connectivity index (χ3v) is 5.21. The quantitative estimate of drug-likeness (QED) is 0.315. The van der Waals surface area contributed by atoms with E-state index >= 15 is 0 Å². The minimum absolute atomic E-state index is 0. The van der Waals surface area contributed by atoms with Gasteiger partial charge in [-0.05, 0) is 44.1 Å². The molecule has 2 aromatic heterocycles. The number of furan rings is 1.